The molecule has 1 heterocycles. The van der Waals surface area contributed by atoms with Gasteiger partial charge >= 0.3 is 0 Å². The summed E-state index contributed by atoms with van der Waals surface area (Å²) in [5.41, 5.74) is 7.06. The van der Waals surface area contributed by atoms with Crippen molar-refractivity contribution in [3.05, 3.63) is 35.9 Å². The van der Waals surface area contributed by atoms with E-state index in [2.05, 4.69) is 38.1 Å². The molecule has 0 unspecified atom stereocenters. The van der Waals surface area contributed by atoms with Crippen LogP contribution in [-0.4, -0.2) is 29.4 Å². The highest BCUT2D eigenvalue weighted by Crippen LogP contribution is 2.45. The molecule has 3 rings (SSSR count). The van der Waals surface area contributed by atoms with E-state index in [0.717, 1.165) is 25.9 Å². The lowest BCUT2D eigenvalue weighted by Crippen LogP contribution is -2.54. The number of hydrogen-bond donors (Lipinski definition) is 1. The Bertz CT molecular complexity index is 531. The topological polar surface area (TPSA) is 46.3 Å². The van der Waals surface area contributed by atoms with Crippen LogP contribution in [0.25, 0.3) is 0 Å². The van der Waals surface area contributed by atoms with Gasteiger partial charge < -0.3 is 10.6 Å². The third-order valence-corrected chi connectivity index (χ3v) is 5.32. The molecule has 2 atom stereocenters. The van der Waals surface area contributed by atoms with Crippen LogP contribution in [0.15, 0.2) is 30.3 Å². The molecule has 1 aromatic rings. The average molecular weight is 286 g/mol. The Morgan fingerprint density at radius 1 is 1.29 bits per heavy atom. The number of likely N-dealkylation sites (tertiary alicyclic amines) is 1. The molecule has 2 N–H and O–H groups in total. The molecule has 3 heteroatoms. The number of carbonyl (C=O) groups excluding carboxylic acids is 1. The van der Waals surface area contributed by atoms with Crippen LogP contribution in [0.2, 0.25) is 0 Å². The largest absolute Gasteiger partial charge is 0.340 e. The molecule has 1 saturated carbocycles. The molecule has 1 amide bonds. The quantitative estimate of drug-likeness (QED) is 0.928. The summed E-state index contributed by atoms with van der Waals surface area (Å²) in [5, 5.41) is 0. The molecule has 1 aromatic carbocycles. The predicted molar refractivity (Wildman–Crippen MR) is 84.9 cm³/mol. The fourth-order valence-corrected chi connectivity index (χ4v) is 3.73. The highest BCUT2D eigenvalue weighted by molar-refractivity contribution is 5.87. The number of benzene rings is 1. The van der Waals surface area contributed by atoms with Gasteiger partial charge in [-0.05, 0) is 36.7 Å². The highest BCUT2D eigenvalue weighted by Gasteiger charge is 2.50. The van der Waals surface area contributed by atoms with Gasteiger partial charge in [-0.3, -0.25) is 4.79 Å². The van der Waals surface area contributed by atoms with Crippen molar-refractivity contribution in [1.29, 1.82) is 0 Å². The van der Waals surface area contributed by atoms with Gasteiger partial charge in [0.2, 0.25) is 5.91 Å². The zero-order valence-corrected chi connectivity index (χ0v) is 13.3. The second-order valence-corrected chi connectivity index (χ2v) is 7.69. The molecule has 0 bridgehead atoms. The summed E-state index contributed by atoms with van der Waals surface area (Å²) in [4.78, 5) is 14.8. The Hall–Kier alpha value is -1.35. The molecule has 3 nitrogen and oxygen atoms in total. The van der Waals surface area contributed by atoms with E-state index in [9.17, 15) is 4.79 Å². The molecule has 2 aliphatic rings. The van der Waals surface area contributed by atoms with Crippen LogP contribution in [0.1, 0.15) is 45.1 Å². The Morgan fingerprint density at radius 3 is 2.48 bits per heavy atom. The van der Waals surface area contributed by atoms with Crippen molar-refractivity contribution in [3.8, 4) is 0 Å². The lowest BCUT2D eigenvalue weighted by Gasteiger charge is -2.30. The molecule has 0 aromatic heterocycles. The van der Waals surface area contributed by atoms with Gasteiger partial charge in [0, 0.05) is 19.0 Å². The zero-order valence-electron chi connectivity index (χ0n) is 13.3. The third-order valence-electron chi connectivity index (χ3n) is 5.32. The van der Waals surface area contributed by atoms with Gasteiger partial charge in [-0.25, -0.2) is 0 Å². The van der Waals surface area contributed by atoms with Gasteiger partial charge in [-0.15, -0.1) is 0 Å². The maximum Gasteiger partial charge on any atom is 0.242 e. The fraction of sp³-hybridized carbons (Fsp3) is 0.611. The van der Waals surface area contributed by atoms with Crippen LogP contribution < -0.4 is 5.73 Å². The average Bonchev–Trinajstić information content (AvgIpc) is 3.24. The molecular formula is C18H26N2O. The summed E-state index contributed by atoms with van der Waals surface area (Å²) >= 11 is 0. The van der Waals surface area contributed by atoms with Crippen molar-refractivity contribution >= 4 is 5.91 Å². The second kappa shape index (κ2) is 4.84. The lowest BCUT2D eigenvalue weighted by molar-refractivity contribution is -0.136. The first kappa shape index (κ1) is 14.6. The van der Waals surface area contributed by atoms with Crippen LogP contribution in [-0.2, 0) is 4.79 Å². The lowest BCUT2D eigenvalue weighted by atomic mass is 9.78. The van der Waals surface area contributed by atoms with E-state index in [4.69, 9.17) is 5.73 Å². The van der Waals surface area contributed by atoms with Gasteiger partial charge in [0.05, 0.1) is 5.54 Å². The van der Waals surface area contributed by atoms with Crippen molar-refractivity contribution in [3.63, 3.8) is 0 Å². The van der Waals surface area contributed by atoms with Crippen LogP contribution in [0.5, 0.6) is 0 Å². The van der Waals surface area contributed by atoms with Crippen LogP contribution in [0, 0.1) is 11.3 Å². The van der Waals surface area contributed by atoms with E-state index >= 15 is 0 Å². The molecule has 114 valence electrons. The SMILES string of the molecule is CC1(C)CN(C(=O)[C@@](C)(N)C2CC2)C[C@@H]1c1ccccc1. The van der Waals surface area contributed by atoms with E-state index in [0.29, 0.717) is 11.8 Å². The van der Waals surface area contributed by atoms with Crippen molar-refractivity contribution in [2.75, 3.05) is 13.1 Å². The summed E-state index contributed by atoms with van der Waals surface area (Å²) in [6.45, 7) is 8.00. The van der Waals surface area contributed by atoms with Gasteiger partial charge in [-0.2, -0.15) is 0 Å². The van der Waals surface area contributed by atoms with Crippen molar-refractivity contribution < 1.29 is 4.79 Å². The maximum atomic E-state index is 12.8. The second-order valence-electron chi connectivity index (χ2n) is 7.69. The third kappa shape index (κ3) is 2.59. The normalized spacial score (nSPS) is 27.4. The molecule has 21 heavy (non-hydrogen) atoms. The first-order valence-electron chi connectivity index (χ1n) is 7.95. The van der Waals surface area contributed by atoms with Crippen LogP contribution in [0.4, 0.5) is 0 Å². The van der Waals surface area contributed by atoms with Gasteiger partial charge in [-0.1, -0.05) is 44.2 Å². The molecule has 1 aliphatic carbocycles. The zero-order chi connectivity index (χ0) is 15.3. The number of rotatable bonds is 3. The van der Waals surface area contributed by atoms with E-state index in [-0.39, 0.29) is 11.3 Å². The Balaban J connectivity index is 1.80. The first-order valence-corrected chi connectivity index (χ1v) is 7.95. The Kier molecular flexibility index (Phi) is 3.36. The number of nitrogens with zero attached hydrogens (tertiary/aromatic N) is 1. The smallest absolute Gasteiger partial charge is 0.242 e. The van der Waals surface area contributed by atoms with Crippen molar-refractivity contribution in [2.24, 2.45) is 17.1 Å². The molecule has 0 spiro atoms. The number of hydrogen-bond acceptors (Lipinski definition) is 2. The van der Waals surface area contributed by atoms with E-state index < -0.39 is 5.54 Å². The van der Waals surface area contributed by atoms with Gasteiger partial charge in [0.25, 0.3) is 0 Å². The number of carbonyl (C=O) groups is 1. The minimum absolute atomic E-state index is 0.0939. The predicted octanol–water partition coefficient (Wildman–Crippen LogP) is 2.77. The minimum Gasteiger partial charge on any atom is -0.340 e. The summed E-state index contributed by atoms with van der Waals surface area (Å²) in [5.74, 6) is 0.901. The van der Waals surface area contributed by atoms with Crippen LogP contribution in [0.3, 0.4) is 0 Å². The minimum atomic E-state index is -0.679. The van der Waals surface area contributed by atoms with Crippen LogP contribution >= 0.6 is 0 Å². The summed E-state index contributed by atoms with van der Waals surface area (Å²) < 4.78 is 0. The molecule has 0 radical (unpaired) electrons. The summed E-state index contributed by atoms with van der Waals surface area (Å²) in [6, 6.07) is 10.5. The fourth-order valence-electron chi connectivity index (χ4n) is 3.73. The molecular weight excluding hydrogens is 260 g/mol. The standard InChI is InChI=1S/C18H26N2O/c1-17(2)12-20(16(21)18(3,19)14-9-10-14)11-15(17)13-7-5-4-6-8-13/h4-8,14-15H,9-12,19H2,1-3H3/t15-,18+/m1/s1. The monoisotopic (exact) mass is 286 g/mol. The van der Waals surface area contributed by atoms with Crippen molar-refractivity contribution in [1.82, 2.24) is 4.90 Å². The number of nitrogens with two attached hydrogens (primary N) is 1. The molecule has 1 saturated heterocycles. The first-order chi connectivity index (χ1) is 9.82. The summed E-state index contributed by atoms with van der Waals surface area (Å²) in [7, 11) is 0. The maximum absolute atomic E-state index is 12.8. The van der Waals surface area contributed by atoms with Gasteiger partial charge in [0.15, 0.2) is 0 Å². The Morgan fingerprint density at radius 2 is 1.90 bits per heavy atom. The molecule has 2 fully saturated rings. The van der Waals surface area contributed by atoms with E-state index in [1.165, 1.54) is 5.56 Å². The highest BCUT2D eigenvalue weighted by atomic mass is 16.2. The summed E-state index contributed by atoms with van der Waals surface area (Å²) in [6.07, 6.45) is 2.19. The Labute approximate surface area is 127 Å². The van der Waals surface area contributed by atoms with Gasteiger partial charge in [0.1, 0.15) is 0 Å². The van der Waals surface area contributed by atoms with E-state index in [1.807, 2.05) is 17.9 Å². The van der Waals surface area contributed by atoms with Crippen molar-refractivity contribution in [2.45, 2.75) is 45.1 Å². The van der Waals surface area contributed by atoms with E-state index in [1.54, 1.807) is 0 Å². The number of amides is 1. The molecule has 1 aliphatic heterocycles.